The van der Waals surface area contributed by atoms with E-state index in [4.69, 9.17) is 4.74 Å². The molecule has 1 aromatic carbocycles. The maximum absolute atomic E-state index is 10.9. The smallest absolute Gasteiger partial charge is 0.178 e. The zero-order valence-electron chi connectivity index (χ0n) is 8.77. The monoisotopic (exact) mass is 202 g/mol. The minimum atomic E-state index is -0.0936. The topological polar surface area (TPSA) is 26.3 Å². The van der Waals surface area contributed by atoms with Crippen molar-refractivity contribution in [3.05, 3.63) is 48.6 Å². The average molecular weight is 202 g/mol. The third-order valence-electron chi connectivity index (χ3n) is 1.83. The summed E-state index contributed by atoms with van der Waals surface area (Å²) in [6.07, 6.45) is 4.52. The van der Waals surface area contributed by atoms with E-state index < -0.39 is 0 Å². The number of hydrogen-bond donors (Lipinski definition) is 0. The van der Waals surface area contributed by atoms with Gasteiger partial charge in [-0.1, -0.05) is 24.8 Å². The molecule has 78 valence electrons. The van der Waals surface area contributed by atoms with Crippen molar-refractivity contribution < 1.29 is 9.53 Å². The molecular formula is C13H14O2. The Bertz CT molecular complexity index is 361. The maximum Gasteiger partial charge on any atom is 0.178 e. The van der Waals surface area contributed by atoms with Crippen LogP contribution in [0.25, 0.3) is 6.08 Å². The standard InChI is InChI=1S/C13H14O2/c1-3-12(14)8-5-11-6-9-13(10-7-11)15-4-2/h3,5-10H,1,4H2,2H3/b8-5+. The molecule has 1 rings (SSSR count). The molecule has 0 bridgehead atoms. The van der Waals surface area contributed by atoms with Crippen molar-refractivity contribution in [2.45, 2.75) is 6.92 Å². The summed E-state index contributed by atoms with van der Waals surface area (Å²) in [5.41, 5.74) is 0.966. The Morgan fingerprint density at radius 1 is 1.40 bits per heavy atom. The lowest BCUT2D eigenvalue weighted by atomic mass is 10.2. The van der Waals surface area contributed by atoms with Crippen LogP contribution in [0.5, 0.6) is 5.75 Å². The van der Waals surface area contributed by atoms with Gasteiger partial charge < -0.3 is 4.74 Å². The molecule has 0 heterocycles. The number of allylic oxidation sites excluding steroid dienone is 2. The van der Waals surface area contributed by atoms with Gasteiger partial charge in [-0.2, -0.15) is 0 Å². The number of carbonyl (C=O) groups excluding carboxylic acids is 1. The molecule has 0 aliphatic heterocycles. The highest BCUT2D eigenvalue weighted by atomic mass is 16.5. The van der Waals surface area contributed by atoms with Crippen LogP contribution in [0.1, 0.15) is 12.5 Å². The van der Waals surface area contributed by atoms with Gasteiger partial charge in [-0.25, -0.2) is 0 Å². The zero-order chi connectivity index (χ0) is 11.1. The first kappa shape index (κ1) is 11.2. The SMILES string of the molecule is C=CC(=O)/C=C/c1ccc(OCC)cc1. The average Bonchev–Trinajstić information content (AvgIpc) is 2.28. The largest absolute Gasteiger partial charge is 0.494 e. The normalized spacial score (nSPS) is 10.2. The molecule has 0 unspecified atom stereocenters. The van der Waals surface area contributed by atoms with Crippen LogP contribution in [0.3, 0.4) is 0 Å². The van der Waals surface area contributed by atoms with Crippen molar-refractivity contribution in [2.24, 2.45) is 0 Å². The molecule has 0 saturated carbocycles. The second kappa shape index (κ2) is 5.81. The second-order valence-corrected chi connectivity index (χ2v) is 2.94. The minimum Gasteiger partial charge on any atom is -0.494 e. The predicted molar refractivity (Wildman–Crippen MR) is 61.8 cm³/mol. The summed E-state index contributed by atoms with van der Waals surface area (Å²) in [6.45, 7) is 5.99. The Morgan fingerprint density at radius 2 is 2.07 bits per heavy atom. The van der Waals surface area contributed by atoms with E-state index in [0.29, 0.717) is 6.61 Å². The molecule has 0 radical (unpaired) electrons. The van der Waals surface area contributed by atoms with Crippen molar-refractivity contribution >= 4 is 11.9 Å². The first-order valence-electron chi connectivity index (χ1n) is 4.83. The van der Waals surface area contributed by atoms with Gasteiger partial charge in [0.1, 0.15) is 5.75 Å². The van der Waals surface area contributed by atoms with Gasteiger partial charge in [-0.3, -0.25) is 4.79 Å². The third kappa shape index (κ3) is 3.81. The summed E-state index contributed by atoms with van der Waals surface area (Å²) in [5, 5.41) is 0. The van der Waals surface area contributed by atoms with Crippen LogP contribution in [0.4, 0.5) is 0 Å². The quantitative estimate of drug-likeness (QED) is 0.686. The van der Waals surface area contributed by atoms with Gasteiger partial charge in [0.15, 0.2) is 5.78 Å². The summed E-state index contributed by atoms with van der Waals surface area (Å²) in [6, 6.07) is 7.55. The van der Waals surface area contributed by atoms with Gasteiger partial charge in [0.2, 0.25) is 0 Å². The highest BCUT2D eigenvalue weighted by Gasteiger charge is 1.92. The van der Waals surface area contributed by atoms with Crippen LogP contribution in [-0.4, -0.2) is 12.4 Å². The molecule has 2 nitrogen and oxygen atoms in total. The van der Waals surface area contributed by atoms with Gasteiger partial charge in [0, 0.05) is 0 Å². The highest BCUT2D eigenvalue weighted by Crippen LogP contribution is 2.12. The number of ketones is 1. The molecular weight excluding hydrogens is 188 g/mol. The van der Waals surface area contributed by atoms with Gasteiger partial charge in [0.05, 0.1) is 6.61 Å². The Morgan fingerprint density at radius 3 is 2.60 bits per heavy atom. The lowest BCUT2D eigenvalue weighted by Gasteiger charge is -2.01. The van der Waals surface area contributed by atoms with E-state index in [1.807, 2.05) is 31.2 Å². The summed E-state index contributed by atoms with van der Waals surface area (Å²) in [7, 11) is 0. The number of carbonyl (C=O) groups is 1. The van der Waals surface area contributed by atoms with Crippen LogP contribution < -0.4 is 4.74 Å². The molecule has 15 heavy (non-hydrogen) atoms. The zero-order valence-corrected chi connectivity index (χ0v) is 8.77. The van der Waals surface area contributed by atoms with E-state index in [1.54, 1.807) is 6.08 Å². The first-order valence-corrected chi connectivity index (χ1v) is 4.83. The fraction of sp³-hybridized carbons (Fsp3) is 0.154. The summed E-state index contributed by atoms with van der Waals surface area (Å²) in [4.78, 5) is 10.9. The molecule has 2 heteroatoms. The molecule has 0 amide bonds. The van der Waals surface area contributed by atoms with E-state index in [-0.39, 0.29) is 5.78 Å². The summed E-state index contributed by atoms with van der Waals surface area (Å²) in [5.74, 6) is 0.744. The van der Waals surface area contributed by atoms with E-state index in [2.05, 4.69) is 6.58 Å². The lowest BCUT2D eigenvalue weighted by molar-refractivity contribution is -0.110. The van der Waals surface area contributed by atoms with Gasteiger partial charge in [0.25, 0.3) is 0 Å². The van der Waals surface area contributed by atoms with Gasteiger partial charge >= 0.3 is 0 Å². The molecule has 0 aromatic heterocycles. The number of benzene rings is 1. The minimum absolute atomic E-state index is 0.0936. The Labute approximate surface area is 89.9 Å². The highest BCUT2D eigenvalue weighted by molar-refractivity contribution is 6.01. The maximum atomic E-state index is 10.9. The molecule has 0 saturated heterocycles. The second-order valence-electron chi connectivity index (χ2n) is 2.94. The Kier molecular flexibility index (Phi) is 4.35. The van der Waals surface area contributed by atoms with Crippen molar-refractivity contribution in [3.63, 3.8) is 0 Å². The fourth-order valence-corrected chi connectivity index (χ4v) is 1.09. The van der Waals surface area contributed by atoms with E-state index in [9.17, 15) is 4.79 Å². The van der Waals surface area contributed by atoms with Crippen molar-refractivity contribution in [1.82, 2.24) is 0 Å². The number of rotatable bonds is 5. The Hall–Kier alpha value is -1.83. The van der Waals surface area contributed by atoms with E-state index >= 15 is 0 Å². The number of ether oxygens (including phenoxy) is 1. The van der Waals surface area contributed by atoms with Gasteiger partial charge in [-0.15, -0.1) is 0 Å². The predicted octanol–water partition coefficient (Wildman–Crippen LogP) is 2.85. The molecule has 0 fully saturated rings. The first-order chi connectivity index (χ1) is 7.26. The lowest BCUT2D eigenvalue weighted by Crippen LogP contribution is -1.90. The van der Waals surface area contributed by atoms with E-state index in [0.717, 1.165) is 11.3 Å². The molecule has 0 aliphatic carbocycles. The molecule has 1 aromatic rings. The van der Waals surface area contributed by atoms with Gasteiger partial charge in [-0.05, 0) is 36.8 Å². The molecule has 0 spiro atoms. The van der Waals surface area contributed by atoms with Crippen molar-refractivity contribution in [3.8, 4) is 5.75 Å². The van der Waals surface area contributed by atoms with Crippen LogP contribution in [0, 0.1) is 0 Å². The third-order valence-corrected chi connectivity index (χ3v) is 1.83. The van der Waals surface area contributed by atoms with Crippen LogP contribution in [0.15, 0.2) is 43.0 Å². The molecule has 0 atom stereocenters. The fourth-order valence-electron chi connectivity index (χ4n) is 1.09. The van der Waals surface area contributed by atoms with Crippen molar-refractivity contribution in [2.75, 3.05) is 6.61 Å². The van der Waals surface area contributed by atoms with Crippen LogP contribution >= 0.6 is 0 Å². The molecule has 0 N–H and O–H groups in total. The molecule has 0 aliphatic rings. The Balaban J connectivity index is 2.68. The number of hydrogen-bond acceptors (Lipinski definition) is 2. The van der Waals surface area contributed by atoms with Crippen LogP contribution in [-0.2, 0) is 4.79 Å². The van der Waals surface area contributed by atoms with Crippen molar-refractivity contribution in [1.29, 1.82) is 0 Å². The van der Waals surface area contributed by atoms with E-state index in [1.165, 1.54) is 12.2 Å². The van der Waals surface area contributed by atoms with Crippen LogP contribution in [0.2, 0.25) is 0 Å². The summed E-state index contributed by atoms with van der Waals surface area (Å²) < 4.78 is 5.30. The summed E-state index contributed by atoms with van der Waals surface area (Å²) >= 11 is 0.